The molecule has 0 bridgehead atoms. The second-order valence-electron chi connectivity index (χ2n) is 18.4. The fraction of sp³-hybridized carbons (Fsp3) is 0.0625. The van der Waals surface area contributed by atoms with Gasteiger partial charge >= 0.3 is 0 Å². The number of fused-ring (bicyclic) bond motifs is 10. The summed E-state index contributed by atoms with van der Waals surface area (Å²) in [5.74, 6) is 0. The molecule has 0 atom stereocenters. The summed E-state index contributed by atoms with van der Waals surface area (Å²) in [6, 6.07) is 69.7. The van der Waals surface area contributed by atoms with E-state index in [-0.39, 0.29) is 5.41 Å². The lowest BCUT2D eigenvalue weighted by molar-refractivity contribution is 0.654. The van der Waals surface area contributed by atoms with Crippen molar-refractivity contribution in [2.75, 3.05) is 4.90 Å². The maximum atomic E-state index is 6.78. The van der Waals surface area contributed by atoms with Gasteiger partial charge in [0.25, 0.3) is 0 Å². The van der Waals surface area contributed by atoms with Gasteiger partial charge in [0.15, 0.2) is 0 Å². The van der Waals surface area contributed by atoms with Gasteiger partial charge in [-0.3, -0.25) is 0 Å². The molecule has 324 valence electrons. The highest BCUT2D eigenvalue weighted by Gasteiger charge is 2.38. The number of nitrogens with zero attached hydrogens (tertiary/aromatic N) is 2. The third-order valence-electron chi connectivity index (χ3n) is 14.3. The van der Waals surface area contributed by atoms with E-state index in [1.807, 2.05) is 18.2 Å². The molecule has 0 saturated carbocycles. The minimum Gasteiger partial charge on any atom is -0.456 e. The summed E-state index contributed by atoms with van der Waals surface area (Å²) in [5, 5.41) is 6.81. The molecule has 4 heteroatoms. The third-order valence-corrected chi connectivity index (χ3v) is 14.3. The Kier molecular flexibility index (Phi) is 8.90. The Morgan fingerprint density at radius 3 is 2.03 bits per heavy atom. The molecule has 3 aromatic heterocycles. The number of aromatic nitrogens is 1. The molecule has 1 aliphatic rings. The van der Waals surface area contributed by atoms with Crippen LogP contribution in [0.2, 0.25) is 0 Å². The smallest absolute Gasteiger partial charge is 0.143 e. The van der Waals surface area contributed by atoms with Crippen LogP contribution in [0.25, 0.3) is 99.2 Å². The predicted octanol–water partition coefficient (Wildman–Crippen LogP) is 18.2. The van der Waals surface area contributed by atoms with E-state index in [4.69, 9.17) is 8.83 Å². The number of allylic oxidation sites excluding steroid dienone is 5. The predicted molar refractivity (Wildman–Crippen MR) is 286 cm³/mol. The van der Waals surface area contributed by atoms with Crippen LogP contribution in [0.4, 0.5) is 17.1 Å². The summed E-state index contributed by atoms with van der Waals surface area (Å²) in [6.45, 7) is 11.1. The van der Waals surface area contributed by atoms with Crippen molar-refractivity contribution < 1.29 is 8.83 Å². The monoisotopic (exact) mass is 874 g/mol. The fourth-order valence-electron chi connectivity index (χ4n) is 11.2. The molecule has 9 aromatic carbocycles. The quantitative estimate of drug-likeness (QED) is 0.153. The lowest BCUT2D eigenvalue weighted by Gasteiger charge is -2.30. The van der Waals surface area contributed by atoms with Crippen LogP contribution in [0.5, 0.6) is 0 Å². The van der Waals surface area contributed by atoms with Crippen LogP contribution in [-0.4, -0.2) is 4.57 Å². The molecule has 0 radical (unpaired) electrons. The van der Waals surface area contributed by atoms with Crippen LogP contribution in [0, 0.1) is 0 Å². The first kappa shape index (κ1) is 39.7. The molecular weight excluding hydrogens is 829 g/mol. The zero-order chi connectivity index (χ0) is 45.7. The summed E-state index contributed by atoms with van der Waals surface area (Å²) in [5.41, 5.74) is 19.1. The van der Waals surface area contributed by atoms with Gasteiger partial charge in [0.1, 0.15) is 22.3 Å². The average Bonchev–Trinajstić information content (AvgIpc) is 4.11. The zero-order valence-electron chi connectivity index (χ0n) is 38.1. The van der Waals surface area contributed by atoms with Crippen LogP contribution in [0.3, 0.4) is 0 Å². The number of furan rings is 2. The van der Waals surface area contributed by atoms with E-state index in [0.717, 1.165) is 88.9 Å². The number of hydrogen-bond donors (Lipinski definition) is 0. The molecule has 0 aliphatic heterocycles. The number of para-hydroxylation sites is 4. The Hall–Kier alpha value is -8.60. The van der Waals surface area contributed by atoms with Crippen LogP contribution >= 0.6 is 0 Å². The molecule has 13 rings (SSSR count). The first-order chi connectivity index (χ1) is 33.4. The fourth-order valence-corrected chi connectivity index (χ4v) is 11.2. The van der Waals surface area contributed by atoms with Gasteiger partial charge in [0.05, 0.1) is 27.8 Å². The zero-order valence-corrected chi connectivity index (χ0v) is 38.1. The lowest BCUT2D eigenvalue weighted by Crippen LogP contribution is -2.17. The number of rotatable bonds is 8. The van der Waals surface area contributed by atoms with Crippen molar-refractivity contribution in [2.45, 2.75) is 26.2 Å². The van der Waals surface area contributed by atoms with Crippen molar-refractivity contribution in [1.82, 2.24) is 4.57 Å². The summed E-state index contributed by atoms with van der Waals surface area (Å²) in [6.07, 6.45) is 6.43. The van der Waals surface area contributed by atoms with Crippen LogP contribution < -0.4 is 4.90 Å². The largest absolute Gasteiger partial charge is 0.456 e. The minimum absolute atomic E-state index is 0.251. The molecule has 0 amide bonds. The van der Waals surface area contributed by atoms with Crippen LogP contribution in [-0.2, 0) is 5.41 Å². The van der Waals surface area contributed by atoms with Gasteiger partial charge in [0.2, 0.25) is 0 Å². The topological polar surface area (TPSA) is 34.5 Å². The van der Waals surface area contributed by atoms with E-state index in [1.165, 1.54) is 44.1 Å². The summed E-state index contributed by atoms with van der Waals surface area (Å²) < 4.78 is 15.7. The van der Waals surface area contributed by atoms with Gasteiger partial charge < -0.3 is 18.3 Å². The highest BCUT2D eigenvalue weighted by molar-refractivity contribution is 6.16. The van der Waals surface area contributed by atoms with Crippen molar-refractivity contribution in [3.8, 4) is 27.9 Å². The molecular formula is C64H46N2O2. The van der Waals surface area contributed by atoms with E-state index in [0.29, 0.717) is 0 Å². The van der Waals surface area contributed by atoms with Gasteiger partial charge in [0, 0.05) is 54.8 Å². The molecule has 0 saturated heterocycles. The molecule has 12 aromatic rings. The number of benzene rings is 9. The lowest BCUT2D eigenvalue weighted by atomic mass is 9.81. The Labute approximate surface area is 394 Å². The van der Waals surface area contributed by atoms with E-state index in [2.05, 4.69) is 231 Å². The SMILES string of the molecule is C=CC1=C(/C=C\C)c2c(N(c3ccc(-c4cccc5c4oc4ccccc45)cc3)c3cccc4oc5ccc(-c6ccc7c8ccccc8n(-c8ccccc8)c7c6)cc5c34)cccc2C1(C)C. The Morgan fingerprint density at radius 1 is 0.529 bits per heavy atom. The number of anilines is 3. The molecule has 4 nitrogen and oxygen atoms in total. The van der Waals surface area contributed by atoms with E-state index >= 15 is 0 Å². The first-order valence-corrected chi connectivity index (χ1v) is 23.4. The van der Waals surface area contributed by atoms with Gasteiger partial charge in [-0.05, 0) is 113 Å². The van der Waals surface area contributed by atoms with E-state index in [9.17, 15) is 0 Å². The van der Waals surface area contributed by atoms with Gasteiger partial charge in [-0.2, -0.15) is 0 Å². The summed E-state index contributed by atoms with van der Waals surface area (Å²) >= 11 is 0. The van der Waals surface area contributed by atoms with E-state index in [1.54, 1.807) is 0 Å². The number of hydrogen-bond acceptors (Lipinski definition) is 3. The van der Waals surface area contributed by atoms with Crippen molar-refractivity contribution in [3.63, 3.8) is 0 Å². The maximum Gasteiger partial charge on any atom is 0.143 e. The third kappa shape index (κ3) is 5.87. The minimum atomic E-state index is -0.251. The molecule has 1 aliphatic carbocycles. The highest BCUT2D eigenvalue weighted by atomic mass is 16.3. The second-order valence-corrected chi connectivity index (χ2v) is 18.4. The Balaban J connectivity index is 1.02. The van der Waals surface area contributed by atoms with Crippen LogP contribution in [0.1, 0.15) is 31.9 Å². The Bertz CT molecular complexity index is 4080. The van der Waals surface area contributed by atoms with Gasteiger partial charge in [-0.25, -0.2) is 0 Å². The molecule has 3 heterocycles. The standard InChI is InChI=1S/C64H46N2O2/c1-5-17-50-52(6-2)64(3,4)53-24-15-26-55(61(50)53)66(44-34-30-40(31-35-44)45-22-14-23-49-48-21-11-13-28-58(48)68-63(45)49)56-27-16-29-60-62(56)51-38-41(33-37-59(51)67-60)42-32-36-47-46-20-10-12-25-54(46)65(57(47)39-42)43-18-8-7-9-19-43/h5-39H,2H2,1,3-4H3/b17-5-. The maximum absolute atomic E-state index is 6.78. The first-order valence-electron chi connectivity index (χ1n) is 23.4. The second kappa shape index (κ2) is 15.2. The highest BCUT2D eigenvalue weighted by Crippen LogP contribution is 2.54. The molecule has 68 heavy (non-hydrogen) atoms. The molecule has 0 fully saturated rings. The van der Waals surface area contributed by atoms with Gasteiger partial charge in [-0.1, -0.05) is 160 Å². The van der Waals surface area contributed by atoms with Crippen molar-refractivity contribution in [3.05, 3.63) is 236 Å². The van der Waals surface area contributed by atoms with Gasteiger partial charge in [-0.15, -0.1) is 0 Å². The van der Waals surface area contributed by atoms with Crippen molar-refractivity contribution in [1.29, 1.82) is 0 Å². The Morgan fingerprint density at radius 2 is 1.19 bits per heavy atom. The summed E-state index contributed by atoms with van der Waals surface area (Å²) in [4.78, 5) is 2.43. The van der Waals surface area contributed by atoms with Crippen molar-refractivity contribution >= 4 is 88.3 Å². The molecule has 0 unspecified atom stereocenters. The van der Waals surface area contributed by atoms with Crippen LogP contribution in [0.15, 0.2) is 233 Å². The average molecular weight is 875 g/mol. The molecule has 0 spiro atoms. The summed E-state index contributed by atoms with van der Waals surface area (Å²) in [7, 11) is 0. The molecule has 0 N–H and O–H groups in total. The van der Waals surface area contributed by atoms with Crippen molar-refractivity contribution in [2.24, 2.45) is 0 Å². The normalized spacial score (nSPS) is 13.6. The van der Waals surface area contributed by atoms with E-state index < -0.39 is 0 Å².